The molecule has 1 heterocycles. The maximum absolute atomic E-state index is 12.1. The van der Waals surface area contributed by atoms with Gasteiger partial charge in [0.25, 0.3) is 0 Å². The molecule has 0 aliphatic carbocycles. The van der Waals surface area contributed by atoms with E-state index in [-0.39, 0.29) is 5.78 Å². The molecule has 2 aromatic rings. The summed E-state index contributed by atoms with van der Waals surface area (Å²) < 4.78 is 0.739. The number of nitrogen functional groups attached to an aromatic ring is 1. The molecule has 1 aromatic carbocycles. The van der Waals surface area contributed by atoms with E-state index < -0.39 is 0 Å². The number of anilines is 1. The first-order valence-electron chi connectivity index (χ1n) is 4.68. The minimum absolute atomic E-state index is 0.0680. The molecule has 80 valence electrons. The maximum atomic E-state index is 12.1. The Morgan fingerprint density at radius 1 is 1.19 bits per heavy atom. The Morgan fingerprint density at radius 3 is 2.56 bits per heavy atom. The van der Waals surface area contributed by atoms with Gasteiger partial charge in [-0.15, -0.1) is 0 Å². The predicted molar refractivity (Wildman–Crippen MR) is 66.2 cm³/mol. The molecule has 3 nitrogen and oxygen atoms in total. The second-order valence-corrected chi connectivity index (χ2v) is 4.16. The zero-order chi connectivity index (χ0) is 11.5. The summed E-state index contributed by atoms with van der Waals surface area (Å²) in [6.45, 7) is 0. The van der Waals surface area contributed by atoms with E-state index in [2.05, 4.69) is 20.9 Å². The van der Waals surface area contributed by atoms with Gasteiger partial charge in [0.05, 0.1) is 0 Å². The van der Waals surface area contributed by atoms with Crippen LogP contribution in [0.15, 0.2) is 47.2 Å². The van der Waals surface area contributed by atoms with Crippen molar-refractivity contribution >= 4 is 27.4 Å². The summed E-state index contributed by atoms with van der Waals surface area (Å²) in [5.74, 6) is -0.0680. The first-order valence-corrected chi connectivity index (χ1v) is 5.47. The predicted octanol–water partition coefficient (Wildman–Crippen LogP) is 2.66. The fourth-order valence-corrected chi connectivity index (χ4v) is 1.80. The number of carbonyl (C=O) groups excluding carboxylic acids is 1. The van der Waals surface area contributed by atoms with Gasteiger partial charge in [0, 0.05) is 33.7 Å². The van der Waals surface area contributed by atoms with Gasteiger partial charge in [-0.25, -0.2) is 0 Å². The Kier molecular flexibility index (Phi) is 3.01. The third kappa shape index (κ3) is 2.12. The summed E-state index contributed by atoms with van der Waals surface area (Å²) in [7, 11) is 0. The summed E-state index contributed by atoms with van der Waals surface area (Å²) in [5, 5.41) is 0. The molecule has 0 radical (unpaired) electrons. The highest BCUT2D eigenvalue weighted by atomic mass is 79.9. The van der Waals surface area contributed by atoms with Crippen LogP contribution < -0.4 is 5.73 Å². The number of nitrogens with zero attached hydrogens (tertiary/aromatic N) is 1. The number of aromatic nitrogens is 1. The van der Waals surface area contributed by atoms with Crippen LogP contribution >= 0.6 is 15.9 Å². The summed E-state index contributed by atoms with van der Waals surface area (Å²) >= 11 is 3.34. The topological polar surface area (TPSA) is 56.0 Å². The van der Waals surface area contributed by atoms with Gasteiger partial charge in [0.15, 0.2) is 5.78 Å². The van der Waals surface area contributed by atoms with Crippen LogP contribution in [-0.4, -0.2) is 10.8 Å². The normalized spacial score (nSPS) is 10.1. The van der Waals surface area contributed by atoms with Gasteiger partial charge in [-0.1, -0.05) is 15.9 Å². The number of nitrogens with two attached hydrogens (primary N) is 1. The average molecular weight is 277 g/mol. The molecule has 0 saturated heterocycles. The minimum Gasteiger partial charge on any atom is -0.399 e. The van der Waals surface area contributed by atoms with E-state index in [1.807, 2.05) is 0 Å². The highest BCUT2D eigenvalue weighted by Gasteiger charge is 2.12. The fourth-order valence-electron chi connectivity index (χ4n) is 1.38. The second-order valence-electron chi connectivity index (χ2n) is 3.30. The van der Waals surface area contributed by atoms with Gasteiger partial charge in [-0.05, 0) is 30.3 Å². The van der Waals surface area contributed by atoms with Crippen molar-refractivity contribution in [3.05, 3.63) is 58.3 Å². The molecule has 0 saturated carbocycles. The van der Waals surface area contributed by atoms with Crippen LogP contribution in [0, 0.1) is 0 Å². The largest absolute Gasteiger partial charge is 0.399 e. The van der Waals surface area contributed by atoms with E-state index >= 15 is 0 Å². The Morgan fingerprint density at radius 2 is 1.88 bits per heavy atom. The van der Waals surface area contributed by atoms with E-state index in [0.29, 0.717) is 16.8 Å². The van der Waals surface area contributed by atoms with Crippen LogP contribution in [0.5, 0.6) is 0 Å². The molecular weight excluding hydrogens is 268 g/mol. The lowest BCUT2D eigenvalue weighted by Gasteiger charge is -2.04. The van der Waals surface area contributed by atoms with Gasteiger partial charge < -0.3 is 5.73 Å². The average Bonchev–Trinajstić information content (AvgIpc) is 2.32. The highest BCUT2D eigenvalue weighted by molar-refractivity contribution is 9.10. The van der Waals surface area contributed by atoms with Crippen molar-refractivity contribution in [3.8, 4) is 0 Å². The Bertz CT molecular complexity index is 526. The van der Waals surface area contributed by atoms with Crippen LogP contribution in [-0.2, 0) is 0 Å². The van der Waals surface area contributed by atoms with E-state index in [1.54, 1.807) is 42.7 Å². The van der Waals surface area contributed by atoms with Crippen molar-refractivity contribution in [2.75, 3.05) is 5.73 Å². The molecule has 2 rings (SSSR count). The van der Waals surface area contributed by atoms with Crippen molar-refractivity contribution in [1.82, 2.24) is 4.98 Å². The van der Waals surface area contributed by atoms with Gasteiger partial charge in [-0.2, -0.15) is 0 Å². The highest BCUT2D eigenvalue weighted by Crippen LogP contribution is 2.22. The molecule has 0 amide bonds. The van der Waals surface area contributed by atoms with Crippen LogP contribution in [0.3, 0.4) is 0 Å². The smallest absolute Gasteiger partial charge is 0.194 e. The number of carbonyl (C=O) groups is 1. The van der Waals surface area contributed by atoms with Gasteiger partial charge >= 0.3 is 0 Å². The molecule has 16 heavy (non-hydrogen) atoms. The zero-order valence-electron chi connectivity index (χ0n) is 8.35. The molecule has 4 heteroatoms. The van der Waals surface area contributed by atoms with Gasteiger partial charge in [-0.3, -0.25) is 9.78 Å². The van der Waals surface area contributed by atoms with E-state index in [4.69, 9.17) is 5.73 Å². The van der Waals surface area contributed by atoms with Crippen molar-refractivity contribution in [2.45, 2.75) is 0 Å². The molecule has 0 atom stereocenters. The third-order valence-corrected chi connectivity index (χ3v) is 2.87. The van der Waals surface area contributed by atoms with Crippen molar-refractivity contribution in [3.63, 3.8) is 0 Å². The standard InChI is InChI=1S/C12H9BrN2O/c13-11-2-1-9(14)7-10(11)12(16)8-3-5-15-6-4-8/h1-7H,14H2. The molecule has 1 aromatic heterocycles. The monoisotopic (exact) mass is 276 g/mol. The minimum atomic E-state index is -0.0680. The van der Waals surface area contributed by atoms with Crippen molar-refractivity contribution in [2.24, 2.45) is 0 Å². The second kappa shape index (κ2) is 4.45. The van der Waals surface area contributed by atoms with Crippen LogP contribution in [0.4, 0.5) is 5.69 Å². The molecule has 2 N–H and O–H groups in total. The van der Waals surface area contributed by atoms with Crippen LogP contribution in [0.2, 0.25) is 0 Å². The lowest BCUT2D eigenvalue weighted by Crippen LogP contribution is -2.03. The SMILES string of the molecule is Nc1ccc(Br)c(C(=O)c2ccncc2)c1. The summed E-state index contributed by atoms with van der Waals surface area (Å²) in [6.07, 6.45) is 3.18. The molecular formula is C12H9BrN2O. The third-order valence-electron chi connectivity index (χ3n) is 2.18. The Balaban J connectivity index is 2.46. The summed E-state index contributed by atoms with van der Waals surface area (Å²) in [5.41, 5.74) is 7.39. The molecule has 0 unspecified atom stereocenters. The molecule has 0 aliphatic rings. The number of benzene rings is 1. The first kappa shape index (κ1) is 10.8. The lowest BCUT2D eigenvalue weighted by molar-refractivity contribution is 0.103. The van der Waals surface area contributed by atoms with Crippen molar-refractivity contribution in [1.29, 1.82) is 0 Å². The summed E-state index contributed by atoms with van der Waals surface area (Å²) in [4.78, 5) is 16.0. The molecule has 0 aliphatic heterocycles. The fraction of sp³-hybridized carbons (Fsp3) is 0. The molecule has 0 spiro atoms. The number of halogens is 1. The number of hydrogen-bond donors (Lipinski definition) is 1. The Hall–Kier alpha value is -1.68. The zero-order valence-corrected chi connectivity index (χ0v) is 9.94. The number of pyridine rings is 1. The number of hydrogen-bond acceptors (Lipinski definition) is 3. The van der Waals surface area contributed by atoms with E-state index in [9.17, 15) is 4.79 Å². The number of ketones is 1. The van der Waals surface area contributed by atoms with Crippen molar-refractivity contribution < 1.29 is 4.79 Å². The quantitative estimate of drug-likeness (QED) is 0.678. The van der Waals surface area contributed by atoms with Crippen LogP contribution in [0.25, 0.3) is 0 Å². The molecule has 0 bridgehead atoms. The van der Waals surface area contributed by atoms with E-state index in [1.165, 1.54) is 0 Å². The van der Waals surface area contributed by atoms with Crippen LogP contribution in [0.1, 0.15) is 15.9 Å². The number of rotatable bonds is 2. The lowest BCUT2D eigenvalue weighted by atomic mass is 10.0. The first-order chi connectivity index (χ1) is 7.68. The Labute approximate surface area is 101 Å². The van der Waals surface area contributed by atoms with E-state index in [0.717, 1.165) is 4.47 Å². The maximum Gasteiger partial charge on any atom is 0.194 e. The summed E-state index contributed by atoms with van der Waals surface area (Å²) in [6, 6.07) is 8.53. The van der Waals surface area contributed by atoms with Gasteiger partial charge in [0.2, 0.25) is 0 Å². The molecule has 0 fully saturated rings. The van der Waals surface area contributed by atoms with Gasteiger partial charge in [0.1, 0.15) is 0 Å².